The van der Waals surface area contributed by atoms with Crippen LogP contribution in [0, 0.1) is 5.92 Å². The fourth-order valence-electron chi connectivity index (χ4n) is 2.10. The van der Waals surface area contributed by atoms with E-state index >= 15 is 0 Å². The van der Waals surface area contributed by atoms with Gasteiger partial charge in [0, 0.05) is 18.1 Å². The van der Waals surface area contributed by atoms with Crippen LogP contribution in [0.15, 0.2) is 18.2 Å². The van der Waals surface area contributed by atoms with Gasteiger partial charge in [0.25, 0.3) is 5.91 Å². The molecular weight excluding hydrogens is 353 g/mol. The number of amides is 1. The molecule has 5 nitrogen and oxygen atoms in total. The molecule has 0 saturated heterocycles. The van der Waals surface area contributed by atoms with Crippen LogP contribution in [0.4, 0.5) is 0 Å². The van der Waals surface area contributed by atoms with Crippen LogP contribution in [0.5, 0.6) is 5.75 Å². The van der Waals surface area contributed by atoms with Crippen LogP contribution in [0.3, 0.4) is 0 Å². The number of ether oxygens (including phenoxy) is 2. The number of methoxy groups -OCH3 is 1. The van der Waals surface area contributed by atoms with Crippen LogP contribution in [0.1, 0.15) is 26.7 Å². The summed E-state index contributed by atoms with van der Waals surface area (Å²) in [5.41, 5.74) is 0. The first-order chi connectivity index (χ1) is 11.4. The summed E-state index contributed by atoms with van der Waals surface area (Å²) in [5.74, 6) is -0.544. The third kappa shape index (κ3) is 6.57. The first kappa shape index (κ1) is 20.6. The van der Waals surface area contributed by atoms with Crippen LogP contribution in [0.25, 0.3) is 0 Å². The van der Waals surface area contributed by atoms with E-state index in [9.17, 15) is 9.59 Å². The predicted molar refractivity (Wildman–Crippen MR) is 94.6 cm³/mol. The lowest BCUT2D eigenvalue weighted by molar-refractivity contribution is -0.146. The molecule has 1 atom stereocenters. The molecule has 0 fully saturated rings. The molecule has 1 amide bonds. The van der Waals surface area contributed by atoms with Gasteiger partial charge >= 0.3 is 5.97 Å². The van der Waals surface area contributed by atoms with Crippen molar-refractivity contribution in [2.75, 3.05) is 26.8 Å². The Balaban J connectivity index is 2.67. The van der Waals surface area contributed by atoms with Crippen molar-refractivity contribution < 1.29 is 19.1 Å². The molecule has 0 heterocycles. The summed E-state index contributed by atoms with van der Waals surface area (Å²) in [5, 5.41) is 0.841. The Labute approximate surface area is 152 Å². The van der Waals surface area contributed by atoms with Crippen molar-refractivity contribution in [2.24, 2.45) is 5.92 Å². The van der Waals surface area contributed by atoms with Gasteiger partial charge in [-0.2, -0.15) is 0 Å². The second-order valence-electron chi connectivity index (χ2n) is 5.48. The second kappa shape index (κ2) is 10.4. The number of hydrogen-bond donors (Lipinski definition) is 0. The lowest BCUT2D eigenvalue weighted by Gasteiger charge is -2.25. The summed E-state index contributed by atoms with van der Waals surface area (Å²) in [6.07, 6.45) is 1.79. The molecule has 7 heteroatoms. The van der Waals surface area contributed by atoms with Crippen LogP contribution in [0.2, 0.25) is 10.0 Å². The zero-order valence-electron chi connectivity index (χ0n) is 14.2. The molecule has 0 saturated carbocycles. The molecule has 24 heavy (non-hydrogen) atoms. The van der Waals surface area contributed by atoms with Crippen molar-refractivity contribution in [1.82, 2.24) is 4.90 Å². The van der Waals surface area contributed by atoms with Crippen molar-refractivity contribution in [3.05, 3.63) is 28.2 Å². The van der Waals surface area contributed by atoms with Gasteiger partial charge in [-0.15, -0.1) is 0 Å². The SMILES string of the molecule is CCCCN(CC(C)C(=O)OC)C(=O)COc1ccc(Cl)cc1Cl. The maximum Gasteiger partial charge on any atom is 0.310 e. The molecule has 1 rings (SSSR count). The van der Waals surface area contributed by atoms with Crippen molar-refractivity contribution in [3.63, 3.8) is 0 Å². The van der Waals surface area contributed by atoms with E-state index in [1.807, 2.05) is 6.92 Å². The maximum absolute atomic E-state index is 12.4. The summed E-state index contributed by atoms with van der Waals surface area (Å²) in [4.78, 5) is 25.6. The van der Waals surface area contributed by atoms with Gasteiger partial charge in [-0.25, -0.2) is 0 Å². The molecule has 0 aromatic heterocycles. The monoisotopic (exact) mass is 375 g/mol. The Morgan fingerprint density at radius 1 is 1.29 bits per heavy atom. The lowest BCUT2D eigenvalue weighted by atomic mass is 10.1. The zero-order chi connectivity index (χ0) is 18.1. The number of unbranched alkanes of at least 4 members (excludes halogenated alkanes) is 1. The largest absolute Gasteiger partial charge is 0.482 e. The standard InChI is InChI=1S/C17H23Cl2NO4/c1-4-5-8-20(10-12(2)17(22)23-3)16(21)11-24-15-7-6-13(18)9-14(15)19/h6-7,9,12H,4-5,8,10-11H2,1-3H3. The van der Waals surface area contributed by atoms with Crippen LogP contribution >= 0.6 is 23.2 Å². The van der Waals surface area contributed by atoms with E-state index in [-0.39, 0.29) is 18.5 Å². The topological polar surface area (TPSA) is 55.8 Å². The van der Waals surface area contributed by atoms with E-state index < -0.39 is 5.92 Å². The zero-order valence-corrected chi connectivity index (χ0v) is 15.7. The molecule has 0 spiro atoms. The number of halogens is 2. The van der Waals surface area contributed by atoms with Crippen LogP contribution in [-0.2, 0) is 14.3 Å². The normalized spacial score (nSPS) is 11.7. The van der Waals surface area contributed by atoms with Crippen molar-refractivity contribution >= 4 is 35.1 Å². The number of carbonyl (C=O) groups excluding carboxylic acids is 2. The molecule has 0 aliphatic heterocycles. The molecule has 0 aliphatic rings. The highest BCUT2D eigenvalue weighted by Crippen LogP contribution is 2.27. The molecule has 0 N–H and O–H groups in total. The minimum absolute atomic E-state index is 0.154. The lowest BCUT2D eigenvalue weighted by Crippen LogP contribution is -2.40. The van der Waals surface area contributed by atoms with Gasteiger partial charge in [-0.05, 0) is 24.6 Å². The minimum Gasteiger partial charge on any atom is -0.482 e. The van der Waals surface area contributed by atoms with Gasteiger partial charge in [0.2, 0.25) is 0 Å². The third-order valence-electron chi connectivity index (χ3n) is 3.48. The number of hydrogen-bond acceptors (Lipinski definition) is 4. The number of esters is 1. The molecule has 0 bridgehead atoms. The Morgan fingerprint density at radius 2 is 2.00 bits per heavy atom. The van der Waals surface area contributed by atoms with Gasteiger partial charge in [0.15, 0.2) is 6.61 Å². The van der Waals surface area contributed by atoms with E-state index in [1.54, 1.807) is 30.0 Å². The van der Waals surface area contributed by atoms with Gasteiger partial charge in [0.1, 0.15) is 5.75 Å². The smallest absolute Gasteiger partial charge is 0.310 e. The number of carbonyl (C=O) groups is 2. The van der Waals surface area contributed by atoms with Gasteiger partial charge < -0.3 is 14.4 Å². The minimum atomic E-state index is -0.394. The Hall–Kier alpha value is -1.46. The maximum atomic E-state index is 12.4. The van der Waals surface area contributed by atoms with Crippen LogP contribution in [-0.4, -0.2) is 43.6 Å². The van der Waals surface area contributed by atoms with E-state index in [0.29, 0.717) is 28.9 Å². The predicted octanol–water partition coefficient (Wildman–Crippen LogP) is 3.81. The van der Waals surface area contributed by atoms with Crippen molar-refractivity contribution in [2.45, 2.75) is 26.7 Å². The van der Waals surface area contributed by atoms with E-state index in [4.69, 9.17) is 32.7 Å². The number of rotatable bonds is 9. The molecule has 1 aromatic rings. The average Bonchev–Trinajstić information content (AvgIpc) is 2.56. The Morgan fingerprint density at radius 3 is 2.58 bits per heavy atom. The van der Waals surface area contributed by atoms with Gasteiger partial charge in [-0.3, -0.25) is 9.59 Å². The highest BCUT2D eigenvalue weighted by atomic mass is 35.5. The molecule has 0 aliphatic carbocycles. The summed E-state index contributed by atoms with van der Waals surface area (Å²) in [7, 11) is 1.34. The summed E-state index contributed by atoms with van der Waals surface area (Å²) >= 11 is 11.9. The second-order valence-corrected chi connectivity index (χ2v) is 6.32. The third-order valence-corrected chi connectivity index (χ3v) is 4.01. The molecule has 0 radical (unpaired) electrons. The van der Waals surface area contributed by atoms with E-state index in [1.165, 1.54) is 7.11 Å². The van der Waals surface area contributed by atoms with E-state index in [0.717, 1.165) is 12.8 Å². The first-order valence-electron chi connectivity index (χ1n) is 7.82. The van der Waals surface area contributed by atoms with Gasteiger partial charge in [0.05, 0.1) is 18.1 Å². The van der Waals surface area contributed by atoms with Crippen LogP contribution < -0.4 is 4.74 Å². The highest BCUT2D eigenvalue weighted by Gasteiger charge is 2.21. The summed E-state index contributed by atoms with van der Waals surface area (Å²) in [6, 6.07) is 4.81. The fraction of sp³-hybridized carbons (Fsp3) is 0.529. The summed E-state index contributed by atoms with van der Waals surface area (Å²) < 4.78 is 10.2. The molecule has 1 unspecified atom stereocenters. The number of benzene rings is 1. The van der Waals surface area contributed by atoms with E-state index in [2.05, 4.69) is 0 Å². The Bertz CT molecular complexity index is 566. The molecule has 1 aromatic carbocycles. The quantitative estimate of drug-likeness (QED) is 0.615. The number of nitrogens with zero attached hydrogens (tertiary/aromatic N) is 1. The van der Waals surface area contributed by atoms with Crippen molar-refractivity contribution in [3.8, 4) is 5.75 Å². The average molecular weight is 376 g/mol. The van der Waals surface area contributed by atoms with Crippen molar-refractivity contribution in [1.29, 1.82) is 0 Å². The molecular formula is C17H23Cl2NO4. The first-order valence-corrected chi connectivity index (χ1v) is 8.58. The highest BCUT2D eigenvalue weighted by molar-refractivity contribution is 6.35. The summed E-state index contributed by atoms with van der Waals surface area (Å²) in [6.45, 7) is 4.47. The van der Waals surface area contributed by atoms with Gasteiger partial charge in [-0.1, -0.05) is 43.5 Å². The fourth-order valence-corrected chi connectivity index (χ4v) is 2.56. The molecule has 134 valence electrons. The Kier molecular flexibility index (Phi) is 8.93.